The van der Waals surface area contributed by atoms with Gasteiger partial charge in [-0.3, -0.25) is 4.98 Å². The number of carbonyl (C=O) groups excluding carboxylic acids is 1. The Kier molecular flexibility index (Phi) is 7.50. The number of aryl methyl sites for hydroxylation is 1. The van der Waals surface area contributed by atoms with Crippen molar-refractivity contribution < 1.29 is 32.6 Å². The summed E-state index contributed by atoms with van der Waals surface area (Å²) in [7, 11) is 0. The van der Waals surface area contributed by atoms with Crippen molar-refractivity contribution in [2.45, 2.75) is 44.1 Å². The zero-order valence-electron chi connectivity index (χ0n) is 17.8. The molecule has 11 heteroatoms. The summed E-state index contributed by atoms with van der Waals surface area (Å²) in [5.41, 5.74) is -1.83. The average Bonchev–Trinajstić information content (AvgIpc) is 2.73. The number of hydrogen-bond acceptors (Lipinski definition) is 4. The number of likely N-dealkylation sites (tertiary alicyclic amines) is 1. The molecule has 180 valence electrons. The van der Waals surface area contributed by atoms with Gasteiger partial charge in [-0.2, -0.15) is 13.2 Å². The maximum absolute atomic E-state index is 15.6. The fourth-order valence-electron chi connectivity index (χ4n) is 3.82. The maximum atomic E-state index is 15.6. The number of pyridine rings is 1. The molecule has 1 aliphatic rings. The van der Waals surface area contributed by atoms with Gasteiger partial charge in [0.15, 0.2) is 5.67 Å². The first-order valence-electron chi connectivity index (χ1n) is 10.3. The third kappa shape index (κ3) is 5.93. The number of benzene rings is 1. The van der Waals surface area contributed by atoms with Crippen molar-refractivity contribution in [2.75, 3.05) is 25.0 Å². The number of aliphatic hydroxyl groups is 2. The van der Waals surface area contributed by atoms with Gasteiger partial charge in [-0.25, -0.2) is 9.18 Å². The fraction of sp³-hybridized carbons (Fsp3) is 0.455. The molecule has 6 nitrogen and oxygen atoms in total. The van der Waals surface area contributed by atoms with Gasteiger partial charge in [0.2, 0.25) is 0 Å². The van der Waals surface area contributed by atoms with Crippen LogP contribution in [-0.2, 0) is 18.3 Å². The predicted molar refractivity (Wildman–Crippen MR) is 115 cm³/mol. The summed E-state index contributed by atoms with van der Waals surface area (Å²) in [5, 5.41) is 21.1. The van der Waals surface area contributed by atoms with Crippen molar-refractivity contribution in [1.29, 1.82) is 0 Å². The van der Waals surface area contributed by atoms with E-state index in [2.05, 4.69) is 10.3 Å². The molecule has 1 fully saturated rings. The number of carbonyl (C=O) groups is 1. The van der Waals surface area contributed by atoms with Crippen molar-refractivity contribution in [3.63, 3.8) is 0 Å². The highest BCUT2D eigenvalue weighted by Crippen LogP contribution is 2.40. The van der Waals surface area contributed by atoms with Crippen molar-refractivity contribution in [3.05, 3.63) is 57.9 Å². The van der Waals surface area contributed by atoms with Crippen LogP contribution in [0.5, 0.6) is 0 Å². The first kappa shape index (κ1) is 25.2. The molecule has 0 saturated carbocycles. The molecule has 0 spiro atoms. The lowest BCUT2D eigenvalue weighted by Gasteiger charge is -2.36. The summed E-state index contributed by atoms with van der Waals surface area (Å²) in [6.07, 6.45) is -4.04. The molecule has 2 aromatic rings. The monoisotopic (exact) mass is 489 g/mol. The maximum Gasteiger partial charge on any atom is 0.416 e. The van der Waals surface area contributed by atoms with Crippen molar-refractivity contribution in [3.8, 4) is 0 Å². The van der Waals surface area contributed by atoms with Crippen LogP contribution < -0.4 is 5.32 Å². The van der Waals surface area contributed by atoms with Gasteiger partial charge < -0.3 is 20.4 Å². The van der Waals surface area contributed by atoms with E-state index >= 15 is 4.39 Å². The van der Waals surface area contributed by atoms with E-state index in [0.717, 1.165) is 6.07 Å². The number of aromatic nitrogens is 1. The Hall–Kier alpha value is -2.43. The van der Waals surface area contributed by atoms with Crippen molar-refractivity contribution in [2.24, 2.45) is 0 Å². The second-order valence-corrected chi connectivity index (χ2v) is 8.53. The molecule has 33 heavy (non-hydrogen) atoms. The second-order valence-electron chi connectivity index (χ2n) is 8.12. The number of urea groups is 1. The molecule has 1 atom stereocenters. The van der Waals surface area contributed by atoms with Crippen LogP contribution in [0.4, 0.5) is 28.0 Å². The number of nitrogens with zero attached hydrogens (tertiary/aromatic N) is 2. The van der Waals surface area contributed by atoms with Crippen LogP contribution in [0.25, 0.3) is 0 Å². The van der Waals surface area contributed by atoms with Gasteiger partial charge in [0.05, 0.1) is 29.0 Å². The van der Waals surface area contributed by atoms with Gasteiger partial charge in [0, 0.05) is 44.2 Å². The van der Waals surface area contributed by atoms with Crippen LogP contribution in [0.1, 0.15) is 35.2 Å². The highest BCUT2D eigenvalue weighted by Gasteiger charge is 2.40. The van der Waals surface area contributed by atoms with Gasteiger partial charge in [-0.05, 0) is 42.3 Å². The third-order valence-corrected chi connectivity index (χ3v) is 5.92. The number of nitrogens with one attached hydrogen (secondary N) is 1. The standard InChI is InChI=1S/C22H24ClF4N3O3/c1-13-8-15(2-3-17(13)22(25,26)27)29-20(33)30-6-4-21(24,5-7-30)19-18(23)10-14(11-28-19)9-16(32)12-31/h2-3,8,10-11,16,31-32H,4-7,9,12H2,1H3,(H,29,33). The molecule has 1 saturated heterocycles. The van der Waals surface area contributed by atoms with E-state index in [4.69, 9.17) is 16.7 Å². The van der Waals surface area contributed by atoms with Gasteiger partial charge in [0.1, 0.15) is 0 Å². The minimum absolute atomic E-state index is 0.0163. The minimum Gasteiger partial charge on any atom is -0.394 e. The molecule has 2 heterocycles. The SMILES string of the molecule is Cc1cc(NC(=O)N2CCC(F)(c3ncc(CC(O)CO)cc3Cl)CC2)ccc1C(F)(F)F. The quantitative estimate of drug-likeness (QED) is 0.542. The number of aliphatic hydroxyl groups excluding tert-OH is 2. The minimum atomic E-state index is -4.48. The van der Waals surface area contributed by atoms with Gasteiger partial charge >= 0.3 is 12.2 Å². The number of rotatable bonds is 5. The van der Waals surface area contributed by atoms with Gasteiger partial charge in [-0.1, -0.05) is 11.6 Å². The normalized spacial score (nSPS) is 17.0. The van der Waals surface area contributed by atoms with E-state index in [0.29, 0.717) is 5.56 Å². The molecule has 3 rings (SSSR count). The van der Waals surface area contributed by atoms with E-state index in [1.54, 1.807) is 0 Å². The van der Waals surface area contributed by atoms with Crippen LogP contribution in [-0.4, -0.2) is 51.9 Å². The summed E-state index contributed by atoms with van der Waals surface area (Å²) in [6.45, 7) is 1.01. The van der Waals surface area contributed by atoms with E-state index in [9.17, 15) is 23.1 Å². The van der Waals surface area contributed by atoms with E-state index < -0.39 is 36.2 Å². The van der Waals surface area contributed by atoms with Crippen molar-refractivity contribution >= 4 is 23.3 Å². The lowest BCUT2D eigenvalue weighted by Crippen LogP contribution is -2.45. The molecule has 1 aliphatic heterocycles. The Bertz CT molecular complexity index is 1010. The Morgan fingerprint density at radius 3 is 2.52 bits per heavy atom. The number of amides is 2. The second kappa shape index (κ2) is 9.82. The van der Waals surface area contributed by atoms with Crippen LogP contribution >= 0.6 is 11.6 Å². The lowest BCUT2D eigenvalue weighted by atomic mass is 9.89. The summed E-state index contributed by atoms with van der Waals surface area (Å²) >= 11 is 6.23. The highest BCUT2D eigenvalue weighted by molar-refractivity contribution is 6.31. The average molecular weight is 490 g/mol. The molecular formula is C22H24ClF4N3O3. The van der Waals surface area contributed by atoms with Crippen LogP contribution in [0.2, 0.25) is 5.02 Å². The smallest absolute Gasteiger partial charge is 0.394 e. The van der Waals surface area contributed by atoms with E-state index in [1.807, 2.05) is 0 Å². The Balaban J connectivity index is 1.63. The summed E-state index contributed by atoms with van der Waals surface area (Å²) in [5.74, 6) is 0. The summed E-state index contributed by atoms with van der Waals surface area (Å²) in [6, 6.07) is 4.28. The van der Waals surface area contributed by atoms with Crippen LogP contribution in [0.15, 0.2) is 30.5 Å². The first-order valence-corrected chi connectivity index (χ1v) is 10.7. The van der Waals surface area contributed by atoms with Gasteiger partial charge in [-0.15, -0.1) is 0 Å². The molecule has 1 aromatic heterocycles. The topological polar surface area (TPSA) is 85.7 Å². The largest absolute Gasteiger partial charge is 0.416 e. The number of hydrogen-bond donors (Lipinski definition) is 3. The number of alkyl halides is 4. The molecule has 0 radical (unpaired) electrons. The lowest BCUT2D eigenvalue weighted by molar-refractivity contribution is -0.138. The van der Waals surface area contributed by atoms with Gasteiger partial charge in [0.25, 0.3) is 0 Å². The number of anilines is 1. The third-order valence-electron chi connectivity index (χ3n) is 5.63. The summed E-state index contributed by atoms with van der Waals surface area (Å²) in [4.78, 5) is 18.0. The Labute approximate surface area is 193 Å². The molecule has 1 unspecified atom stereocenters. The van der Waals surface area contributed by atoms with Crippen LogP contribution in [0, 0.1) is 6.92 Å². The molecular weight excluding hydrogens is 466 g/mol. The van der Waals surface area contributed by atoms with E-state index in [-0.39, 0.29) is 54.3 Å². The summed E-state index contributed by atoms with van der Waals surface area (Å²) < 4.78 is 54.3. The highest BCUT2D eigenvalue weighted by atomic mass is 35.5. The van der Waals surface area contributed by atoms with Crippen molar-refractivity contribution in [1.82, 2.24) is 9.88 Å². The molecule has 0 aliphatic carbocycles. The molecule has 2 amide bonds. The van der Waals surface area contributed by atoms with Crippen LogP contribution in [0.3, 0.4) is 0 Å². The predicted octanol–water partition coefficient (Wildman–Crippen LogP) is 4.45. The first-order chi connectivity index (χ1) is 15.4. The zero-order chi connectivity index (χ0) is 24.4. The molecule has 0 bridgehead atoms. The zero-order valence-corrected chi connectivity index (χ0v) is 18.5. The Morgan fingerprint density at radius 1 is 1.30 bits per heavy atom. The van der Waals surface area contributed by atoms with E-state index in [1.165, 1.54) is 36.2 Å². The fourth-order valence-corrected chi connectivity index (χ4v) is 4.18. The number of halogens is 5. The molecule has 3 N–H and O–H groups in total. The number of piperidine rings is 1. The molecule has 1 aromatic carbocycles. The Morgan fingerprint density at radius 2 is 1.97 bits per heavy atom.